The number of thioether (sulfide) groups is 1. The van der Waals surface area contributed by atoms with E-state index >= 15 is 0 Å². The summed E-state index contributed by atoms with van der Waals surface area (Å²) in [6, 6.07) is 9.09. The number of hydrogen-bond acceptors (Lipinski definition) is 7. The summed E-state index contributed by atoms with van der Waals surface area (Å²) in [5, 5.41) is -0.701. The Morgan fingerprint density at radius 1 is 1.16 bits per heavy atom. The minimum absolute atomic E-state index is 0.00512. The Labute approximate surface area is 148 Å². The fraction of sp³-hybridized carbons (Fsp3) is 0.294. The van der Waals surface area contributed by atoms with E-state index in [1.165, 1.54) is 18.7 Å². The van der Waals surface area contributed by atoms with Gasteiger partial charge in [0.05, 0.1) is 0 Å². The molecular formula is C17H15NO6S. The van der Waals surface area contributed by atoms with Crippen LogP contribution in [0.2, 0.25) is 0 Å². The lowest BCUT2D eigenvalue weighted by molar-refractivity contribution is -0.158. The molecule has 1 saturated heterocycles. The number of nitrogens with zero attached hydrogens (tertiary/aromatic N) is 1. The molecule has 0 N–H and O–H groups in total. The molecule has 1 aromatic carbocycles. The maximum Gasteiger partial charge on any atom is 0.355 e. The second kappa shape index (κ2) is 7.10. The lowest BCUT2D eigenvalue weighted by Gasteiger charge is -2.42. The summed E-state index contributed by atoms with van der Waals surface area (Å²) < 4.78 is 10.2. The standard InChI is InChI=1S/C17H15NO6S/c1-10(19)23-8-12-9-25-16-14(20)15(21)18(16)13(12)17(22)24-7-11-5-3-2-4-6-11/h2-6,16H,7-9H2,1H3/t16-/m1/s1. The van der Waals surface area contributed by atoms with Gasteiger partial charge in [0.25, 0.3) is 11.7 Å². The molecule has 1 atom stereocenters. The molecule has 0 unspecified atom stereocenters. The van der Waals surface area contributed by atoms with Crippen molar-refractivity contribution in [3.05, 3.63) is 47.2 Å². The van der Waals surface area contributed by atoms with Crippen molar-refractivity contribution in [1.82, 2.24) is 4.90 Å². The Bertz CT molecular complexity index is 773. The Kier molecular flexibility index (Phi) is 4.89. The molecule has 0 bridgehead atoms. The molecule has 0 radical (unpaired) electrons. The van der Waals surface area contributed by atoms with E-state index in [1.54, 1.807) is 12.1 Å². The topological polar surface area (TPSA) is 90.0 Å². The van der Waals surface area contributed by atoms with Crippen molar-refractivity contribution in [2.45, 2.75) is 18.9 Å². The molecule has 25 heavy (non-hydrogen) atoms. The maximum absolute atomic E-state index is 12.5. The van der Waals surface area contributed by atoms with Gasteiger partial charge in [0.15, 0.2) is 5.37 Å². The molecule has 7 nitrogen and oxygen atoms in total. The van der Waals surface area contributed by atoms with Crippen LogP contribution in [0, 0.1) is 0 Å². The minimum Gasteiger partial charge on any atom is -0.461 e. The van der Waals surface area contributed by atoms with Crippen molar-refractivity contribution in [1.29, 1.82) is 0 Å². The molecule has 3 rings (SSSR count). The van der Waals surface area contributed by atoms with E-state index in [0.29, 0.717) is 11.3 Å². The number of ether oxygens (including phenoxy) is 2. The highest BCUT2D eigenvalue weighted by atomic mass is 32.2. The average molecular weight is 361 g/mol. The molecule has 2 aliphatic rings. The highest BCUT2D eigenvalue weighted by Crippen LogP contribution is 2.38. The molecule has 1 aromatic rings. The number of fused-ring (bicyclic) bond motifs is 1. The summed E-state index contributed by atoms with van der Waals surface area (Å²) in [5.41, 5.74) is 1.26. The number of ketones is 1. The van der Waals surface area contributed by atoms with Gasteiger partial charge in [0.2, 0.25) is 0 Å². The van der Waals surface area contributed by atoms with Crippen LogP contribution in [0.3, 0.4) is 0 Å². The van der Waals surface area contributed by atoms with Gasteiger partial charge in [-0.1, -0.05) is 30.3 Å². The largest absolute Gasteiger partial charge is 0.461 e. The van der Waals surface area contributed by atoms with Crippen LogP contribution >= 0.6 is 11.8 Å². The molecular weight excluding hydrogens is 346 g/mol. The first-order valence-corrected chi connectivity index (χ1v) is 8.59. The monoisotopic (exact) mass is 361 g/mol. The SMILES string of the molecule is CC(=O)OCC1=C(C(=O)OCc2ccccc2)N2C(=O)C(=O)[C@H]2SC1. The van der Waals surface area contributed by atoms with Gasteiger partial charge in [-0.2, -0.15) is 0 Å². The summed E-state index contributed by atoms with van der Waals surface area (Å²) >= 11 is 1.22. The molecule has 1 fully saturated rings. The first-order valence-electron chi connectivity index (χ1n) is 7.54. The van der Waals surface area contributed by atoms with Gasteiger partial charge in [0, 0.05) is 18.2 Å². The predicted molar refractivity (Wildman–Crippen MR) is 88.0 cm³/mol. The van der Waals surface area contributed by atoms with Gasteiger partial charge in [-0.25, -0.2) is 4.79 Å². The van der Waals surface area contributed by atoms with Gasteiger partial charge in [-0.15, -0.1) is 11.8 Å². The smallest absolute Gasteiger partial charge is 0.355 e. The normalized spacial score (nSPS) is 19.2. The molecule has 2 aliphatic heterocycles. The minimum atomic E-state index is -0.746. The van der Waals surface area contributed by atoms with Crippen molar-refractivity contribution < 1.29 is 28.7 Å². The van der Waals surface area contributed by atoms with E-state index in [1.807, 2.05) is 18.2 Å². The van der Waals surface area contributed by atoms with E-state index in [0.717, 1.165) is 10.5 Å². The summed E-state index contributed by atoms with van der Waals surface area (Å²) in [4.78, 5) is 48.2. The second-order valence-electron chi connectivity index (χ2n) is 5.50. The summed E-state index contributed by atoms with van der Waals surface area (Å²) in [6.07, 6.45) is 0. The fourth-order valence-corrected chi connectivity index (χ4v) is 3.68. The van der Waals surface area contributed by atoms with E-state index in [4.69, 9.17) is 9.47 Å². The zero-order chi connectivity index (χ0) is 18.0. The second-order valence-corrected chi connectivity index (χ2v) is 6.57. The van der Waals surface area contributed by atoms with E-state index < -0.39 is 29.0 Å². The number of amides is 1. The van der Waals surface area contributed by atoms with Crippen molar-refractivity contribution >= 4 is 35.4 Å². The van der Waals surface area contributed by atoms with Gasteiger partial charge < -0.3 is 9.47 Å². The molecule has 0 aromatic heterocycles. The van der Waals surface area contributed by atoms with E-state index in [-0.39, 0.29) is 18.9 Å². The number of carbonyl (C=O) groups is 4. The number of benzene rings is 1. The summed E-state index contributed by atoms with van der Waals surface area (Å²) in [5.74, 6) is -2.18. The van der Waals surface area contributed by atoms with E-state index in [2.05, 4.69) is 0 Å². The average Bonchev–Trinajstić information content (AvgIpc) is 2.63. The van der Waals surface area contributed by atoms with Crippen LogP contribution < -0.4 is 0 Å². The van der Waals surface area contributed by atoms with Gasteiger partial charge >= 0.3 is 11.9 Å². The predicted octanol–water partition coefficient (Wildman–Crippen LogP) is 1.03. The van der Waals surface area contributed by atoms with Crippen LogP contribution in [0.1, 0.15) is 12.5 Å². The first kappa shape index (κ1) is 17.2. The van der Waals surface area contributed by atoms with Crippen LogP contribution in [0.5, 0.6) is 0 Å². The molecule has 130 valence electrons. The molecule has 0 saturated carbocycles. The molecule has 2 heterocycles. The van der Waals surface area contributed by atoms with Crippen molar-refractivity contribution in [3.63, 3.8) is 0 Å². The van der Waals surface area contributed by atoms with Crippen molar-refractivity contribution in [3.8, 4) is 0 Å². The Morgan fingerprint density at radius 2 is 1.88 bits per heavy atom. The maximum atomic E-state index is 12.5. The highest BCUT2D eigenvalue weighted by molar-refractivity contribution is 8.01. The molecule has 8 heteroatoms. The number of esters is 2. The lowest BCUT2D eigenvalue weighted by atomic mass is 10.1. The number of Topliss-reactive ketones (excluding diaryl/α,β-unsaturated/α-hetero) is 1. The van der Waals surface area contributed by atoms with Crippen molar-refractivity contribution in [2.24, 2.45) is 0 Å². The number of hydrogen-bond donors (Lipinski definition) is 0. The highest BCUT2D eigenvalue weighted by Gasteiger charge is 2.53. The molecule has 0 aliphatic carbocycles. The van der Waals surface area contributed by atoms with E-state index in [9.17, 15) is 19.2 Å². The third-order valence-corrected chi connectivity index (χ3v) is 4.99. The quantitative estimate of drug-likeness (QED) is 0.439. The van der Waals surface area contributed by atoms with Crippen LogP contribution in [0.4, 0.5) is 0 Å². The Balaban J connectivity index is 1.80. The summed E-state index contributed by atoms with van der Waals surface area (Å²) in [7, 11) is 0. The third kappa shape index (κ3) is 3.43. The van der Waals surface area contributed by atoms with Crippen LogP contribution in [-0.2, 0) is 35.3 Å². The summed E-state index contributed by atoms with van der Waals surface area (Å²) in [6.45, 7) is 1.17. The first-order chi connectivity index (χ1) is 12.0. The third-order valence-electron chi connectivity index (χ3n) is 3.74. The number of rotatable bonds is 5. The number of carbonyl (C=O) groups excluding carboxylic acids is 4. The zero-order valence-electron chi connectivity index (χ0n) is 13.4. The lowest BCUT2D eigenvalue weighted by Crippen LogP contribution is -2.62. The van der Waals surface area contributed by atoms with Gasteiger partial charge in [0.1, 0.15) is 18.9 Å². The molecule has 1 amide bonds. The Hall–Kier alpha value is -2.61. The van der Waals surface area contributed by atoms with Gasteiger partial charge in [-0.3, -0.25) is 19.3 Å². The van der Waals surface area contributed by atoms with Crippen LogP contribution in [0.25, 0.3) is 0 Å². The molecule has 0 spiro atoms. The van der Waals surface area contributed by atoms with Crippen LogP contribution in [-0.4, -0.2) is 46.3 Å². The fourth-order valence-electron chi connectivity index (χ4n) is 2.50. The number of β-lactam (4-membered cyclic amide) rings is 1. The van der Waals surface area contributed by atoms with Crippen molar-refractivity contribution in [2.75, 3.05) is 12.4 Å². The zero-order valence-corrected chi connectivity index (χ0v) is 14.2. The van der Waals surface area contributed by atoms with Crippen LogP contribution in [0.15, 0.2) is 41.6 Å². The Morgan fingerprint density at radius 3 is 2.56 bits per heavy atom. The van der Waals surface area contributed by atoms with Gasteiger partial charge in [-0.05, 0) is 5.56 Å².